The zero-order chi connectivity index (χ0) is 11.2. The summed E-state index contributed by atoms with van der Waals surface area (Å²) in [6.07, 6.45) is 2.64. The molecule has 1 aliphatic rings. The van der Waals surface area contributed by atoms with Crippen LogP contribution >= 0.6 is 0 Å². The van der Waals surface area contributed by atoms with E-state index in [2.05, 4.69) is 40.7 Å². The summed E-state index contributed by atoms with van der Waals surface area (Å²) in [6.45, 7) is 11.6. The number of aryl methyl sites for hydroxylation is 1. The van der Waals surface area contributed by atoms with E-state index in [9.17, 15) is 0 Å². The molecule has 1 aliphatic carbocycles. The van der Waals surface area contributed by atoms with Crippen molar-refractivity contribution in [2.75, 3.05) is 0 Å². The molecule has 2 atom stereocenters. The molecule has 0 saturated carbocycles. The minimum atomic E-state index is 0.753. The van der Waals surface area contributed by atoms with Gasteiger partial charge >= 0.3 is 0 Å². The standard InChI is InChI=1S/C15H22/c1-9-6-11(3)15-13(5)12(4)10(2)8-14(15)7-9/h8-9,11H,6-7H2,1-5H3. The Kier molecular flexibility index (Phi) is 2.62. The first kappa shape index (κ1) is 10.7. The molecule has 1 aromatic rings. The van der Waals surface area contributed by atoms with Crippen LogP contribution in [0.15, 0.2) is 6.07 Å². The number of benzene rings is 1. The molecule has 2 unspecified atom stereocenters. The number of hydrogen-bond donors (Lipinski definition) is 0. The Morgan fingerprint density at radius 3 is 2.40 bits per heavy atom. The average molecular weight is 202 g/mol. The van der Waals surface area contributed by atoms with Crippen LogP contribution in [-0.2, 0) is 6.42 Å². The number of rotatable bonds is 0. The molecule has 0 bridgehead atoms. The maximum absolute atomic E-state index is 2.42. The first-order valence-electron chi connectivity index (χ1n) is 6.10. The molecule has 0 heterocycles. The molecule has 0 radical (unpaired) electrons. The molecule has 0 heteroatoms. The van der Waals surface area contributed by atoms with E-state index >= 15 is 0 Å². The summed E-state index contributed by atoms with van der Waals surface area (Å²) in [4.78, 5) is 0. The lowest BCUT2D eigenvalue weighted by Gasteiger charge is -2.30. The zero-order valence-corrected chi connectivity index (χ0v) is 10.6. The van der Waals surface area contributed by atoms with E-state index in [1.165, 1.54) is 24.0 Å². The van der Waals surface area contributed by atoms with Gasteiger partial charge in [0.05, 0.1) is 0 Å². The van der Waals surface area contributed by atoms with Gasteiger partial charge in [0.1, 0.15) is 0 Å². The third kappa shape index (κ3) is 1.71. The van der Waals surface area contributed by atoms with Crippen LogP contribution in [0.2, 0.25) is 0 Å². The van der Waals surface area contributed by atoms with Crippen LogP contribution in [0.25, 0.3) is 0 Å². The zero-order valence-electron chi connectivity index (χ0n) is 10.6. The van der Waals surface area contributed by atoms with E-state index in [1.54, 1.807) is 16.7 Å². The van der Waals surface area contributed by atoms with Crippen molar-refractivity contribution in [1.82, 2.24) is 0 Å². The van der Waals surface area contributed by atoms with Gasteiger partial charge in [-0.15, -0.1) is 0 Å². The van der Waals surface area contributed by atoms with Crippen LogP contribution in [0, 0.1) is 26.7 Å². The molecular formula is C15H22. The van der Waals surface area contributed by atoms with Gasteiger partial charge in [-0.25, -0.2) is 0 Å². The monoisotopic (exact) mass is 202 g/mol. The molecule has 0 saturated heterocycles. The van der Waals surface area contributed by atoms with Crippen molar-refractivity contribution in [3.63, 3.8) is 0 Å². The molecule has 0 aliphatic heterocycles. The normalized spacial score (nSPS) is 25.1. The Morgan fingerprint density at radius 1 is 1.07 bits per heavy atom. The lowest BCUT2D eigenvalue weighted by Crippen LogP contribution is -2.17. The summed E-state index contributed by atoms with van der Waals surface area (Å²) in [7, 11) is 0. The minimum absolute atomic E-state index is 0.753. The summed E-state index contributed by atoms with van der Waals surface area (Å²) < 4.78 is 0. The first-order chi connectivity index (χ1) is 7.00. The topological polar surface area (TPSA) is 0 Å². The molecule has 82 valence electrons. The smallest absolute Gasteiger partial charge is 0.0182 e. The van der Waals surface area contributed by atoms with Gasteiger partial charge in [-0.3, -0.25) is 0 Å². The summed E-state index contributed by atoms with van der Waals surface area (Å²) in [5, 5.41) is 0. The van der Waals surface area contributed by atoms with Gasteiger partial charge in [-0.05, 0) is 73.3 Å². The van der Waals surface area contributed by atoms with Gasteiger partial charge in [0.2, 0.25) is 0 Å². The van der Waals surface area contributed by atoms with Crippen LogP contribution in [0.3, 0.4) is 0 Å². The highest BCUT2D eigenvalue weighted by Gasteiger charge is 2.24. The predicted octanol–water partition coefficient (Wildman–Crippen LogP) is 4.30. The van der Waals surface area contributed by atoms with Crippen molar-refractivity contribution in [2.24, 2.45) is 5.92 Å². The Bertz CT molecular complexity index is 388. The molecule has 15 heavy (non-hydrogen) atoms. The highest BCUT2D eigenvalue weighted by Crippen LogP contribution is 2.38. The molecule has 2 rings (SSSR count). The Hall–Kier alpha value is -0.780. The molecule has 0 aromatic heterocycles. The van der Waals surface area contributed by atoms with Crippen molar-refractivity contribution in [2.45, 2.75) is 53.4 Å². The van der Waals surface area contributed by atoms with Crippen LogP contribution in [0.1, 0.15) is 54.0 Å². The van der Waals surface area contributed by atoms with E-state index in [0.29, 0.717) is 0 Å². The van der Waals surface area contributed by atoms with Gasteiger partial charge in [0.25, 0.3) is 0 Å². The molecular weight excluding hydrogens is 180 g/mol. The summed E-state index contributed by atoms with van der Waals surface area (Å²) in [6, 6.07) is 2.42. The van der Waals surface area contributed by atoms with Crippen LogP contribution < -0.4 is 0 Å². The van der Waals surface area contributed by atoms with E-state index in [0.717, 1.165) is 11.8 Å². The second kappa shape index (κ2) is 3.66. The molecule has 0 N–H and O–H groups in total. The highest BCUT2D eigenvalue weighted by atomic mass is 14.3. The van der Waals surface area contributed by atoms with Crippen molar-refractivity contribution in [1.29, 1.82) is 0 Å². The van der Waals surface area contributed by atoms with Crippen LogP contribution in [-0.4, -0.2) is 0 Å². The van der Waals surface area contributed by atoms with Crippen molar-refractivity contribution in [3.8, 4) is 0 Å². The lowest BCUT2D eigenvalue weighted by molar-refractivity contribution is 0.448. The number of hydrogen-bond acceptors (Lipinski definition) is 0. The van der Waals surface area contributed by atoms with E-state index in [4.69, 9.17) is 0 Å². The van der Waals surface area contributed by atoms with Gasteiger partial charge in [0, 0.05) is 0 Å². The largest absolute Gasteiger partial charge is 0.0622 e. The Balaban J connectivity index is 2.60. The van der Waals surface area contributed by atoms with Gasteiger partial charge in [-0.1, -0.05) is 19.9 Å². The highest BCUT2D eigenvalue weighted by molar-refractivity contribution is 5.47. The lowest BCUT2D eigenvalue weighted by atomic mass is 9.75. The second-order valence-corrected chi connectivity index (χ2v) is 5.46. The van der Waals surface area contributed by atoms with E-state index in [1.807, 2.05) is 0 Å². The first-order valence-corrected chi connectivity index (χ1v) is 6.10. The summed E-state index contributed by atoms with van der Waals surface area (Å²) >= 11 is 0. The fraction of sp³-hybridized carbons (Fsp3) is 0.600. The van der Waals surface area contributed by atoms with Crippen molar-refractivity contribution in [3.05, 3.63) is 33.9 Å². The Labute approximate surface area is 93.7 Å². The van der Waals surface area contributed by atoms with Crippen molar-refractivity contribution >= 4 is 0 Å². The van der Waals surface area contributed by atoms with E-state index in [-0.39, 0.29) is 0 Å². The van der Waals surface area contributed by atoms with Gasteiger partial charge in [0.15, 0.2) is 0 Å². The van der Waals surface area contributed by atoms with Crippen LogP contribution in [0.4, 0.5) is 0 Å². The number of fused-ring (bicyclic) bond motifs is 1. The molecule has 1 aromatic carbocycles. The van der Waals surface area contributed by atoms with Gasteiger partial charge in [-0.2, -0.15) is 0 Å². The van der Waals surface area contributed by atoms with Crippen LogP contribution in [0.5, 0.6) is 0 Å². The summed E-state index contributed by atoms with van der Waals surface area (Å²) in [5.41, 5.74) is 7.77. The fourth-order valence-electron chi connectivity index (χ4n) is 3.22. The quantitative estimate of drug-likeness (QED) is 0.588. The molecule has 0 spiro atoms. The molecule has 0 fully saturated rings. The van der Waals surface area contributed by atoms with Crippen molar-refractivity contribution < 1.29 is 0 Å². The van der Waals surface area contributed by atoms with E-state index < -0.39 is 0 Å². The minimum Gasteiger partial charge on any atom is -0.0622 e. The molecule has 0 amide bonds. The maximum Gasteiger partial charge on any atom is -0.0182 e. The second-order valence-electron chi connectivity index (χ2n) is 5.46. The molecule has 0 nitrogen and oxygen atoms in total. The predicted molar refractivity (Wildman–Crippen MR) is 66.6 cm³/mol. The summed E-state index contributed by atoms with van der Waals surface area (Å²) in [5.74, 6) is 1.61. The maximum atomic E-state index is 2.42. The fourth-order valence-corrected chi connectivity index (χ4v) is 3.22. The van der Waals surface area contributed by atoms with Gasteiger partial charge < -0.3 is 0 Å². The average Bonchev–Trinajstić information content (AvgIpc) is 2.13. The SMILES string of the molecule is Cc1cc2c(c(C)c1C)C(C)CC(C)C2. The Morgan fingerprint density at radius 2 is 1.73 bits per heavy atom. The third-order valence-electron chi connectivity index (χ3n) is 4.11. The third-order valence-corrected chi connectivity index (χ3v) is 4.11.